The zero-order valence-corrected chi connectivity index (χ0v) is 19.0. The molecule has 2 aromatic rings. The molecule has 2 heterocycles. The normalized spacial score (nSPS) is 18.9. The SMILES string of the molecule is Cc1cccc(OCC(=O)N2CCC(N3C(=O)CCC3C(=O)NCc3ccccc3)CC2)c1. The van der Waals surface area contributed by atoms with Crippen LogP contribution < -0.4 is 10.1 Å². The Labute approximate surface area is 194 Å². The minimum absolute atomic E-state index is 0.00127. The van der Waals surface area contributed by atoms with Crippen molar-refractivity contribution < 1.29 is 19.1 Å². The monoisotopic (exact) mass is 449 g/mol. The van der Waals surface area contributed by atoms with Crippen molar-refractivity contribution >= 4 is 17.7 Å². The highest BCUT2D eigenvalue weighted by molar-refractivity contribution is 5.91. The van der Waals surface area contributed by atoms with E-state index in [2.05, 4.69) is 5.32 Å². The molecule has 2 aliphatic rings. The number of rotatable bonds is 7. The molecule has 3 amide bonds. The molecule has 1 N–H and O–H groups in total. The average molecular weight is 450 g/mol. The zero-order valence-electron chi connectivity index (χ0n) is 19.0. The summed E-state index contributed by atoms with van der Waals surface area (Å²) in [6, 6.07) is 16.9. The second-order valence-electron chi connectivity index (χ2n) is 8.78. The molecule has 33 heavy (non-hydrogen) atoms. The van der Waals surface area contributed by atoms with E-state index >= 15 is 0 Å². The van der Waals surface area contributed by atoms with Gasteiger partial charge in [-0.15, -0.1) is 0 Å². The van der Waals surface area contributed by atoms with Gasteiger partial charge in [-0.25, -0.2) is 0 Å². The van der Waals surface area contributed by atoms with E-state index in [1.54, 1.807) is 9.80 Å². The van der Waals surface area contributed by atoms with Crippen LogP contribution in [0.15, 0.2) is 54.6 Å². The van der Waals surface area contributed by atoms with Crippen LogP contribution in [-0.2, 0) is 20.9 Å². The standard InChI is InChI=1S/C26H31N3O4/c1-19-6-5-9-22(16-19)33-18-25(31)28-14-12-21(13-15-28)29-23(10-11-24(29)30)26(32)27-17-20-7-3-2-4-8-20/h2-9,16,21,23H,10-15,17-18H2,1H3,(H,27,32). The van der Waals surface area contributed by atoms with Gasteiger partial charge in [0.05, 0.1) is 0 Å². The Hall–Kier alpha value is -3.35. The first-order chi connectivity index (χ1) is 16.0. The predicted octanol–water partition coefficient (Wildman–Crippen LogP) is 2.67. The first kappa shape index (κ1) is 22.8. The molecule has 7 nitrogen and oxygen atoms in total. The maximum absolute atomic E-state index is 12.8. The Balaban J connectivity index is 1.27. The summed E-state index contributed by atoms with van der Waals surface area (Å²) in [5, 5.41) is 2.98. The second kappa shape index (κ2) is 10.5. The highest BCUT2D eigenvalue weighted by atomic mass is 16.5. The minimum atomic E-state index is -0.432. The number of carbonyl (C=O) groups excluding carboxylic acids is 3. The molecule has 0 aromatic heterocycles. The van der Waals surface area contributed by atoms with Crippen molar-refractivity contribution in [3.05, 3.63) is 65.7 Å². The Kier molecular flexibility index (Phi) is 7.27. The summed E-state index contributed by atoms with van der Waals surface area (Å²) in [4.78, 5) is 41.6. The number of hydrogen-bond acceptors (Lipinski definition) is 4. The van der Waals surface area contributed by atoms with Gasteiger partial charge in [0.25, 0.3) is 5.91 Å². The van der Waals surface area contributed by atoms with Gasteiger partial charge in [0.1, 0.15) is 11.8 Å². The largest absolute Gasteiger partial charge is 0.484 e. The average Bonchev–Trinajstić information content (AvgIpc) is 3.23. The Morgan fingerprint density at radius 3 is 2.52 bits per heavy atom. The van der Waals surface area contributed by atoms with Crippen molar-refractivity contribution in [2.45, 2.75) is 51.2 Å². The predicted molar refractivity (Wildman–Crippen MR) is 124 cm³/mol. The summed E-state index contributed by atoms with van der Waals surface area (Å²) in [7, 11) is 0. The van der Waals surface area contributed by atoms with E-state index in [0.717, 1.165) is 11.1 Å². The Bertz CT molecular complexity index is 986. The number of ether oxygens (including phenoxy) is 1. The van der Waals surface area contributed by atoms with E-state index in [1.165, 1.54) is 0 Å². The lowest BCUT2D eigenvalue weighted by Gasteiger charge is -2.39. The lowest BCUT2D eigenvalue weighted by molar-refractivity contribution is -0.140. The van der Waals surface area contributed by atoms with Crippen LogP contribution in [0.5, 0.6) is 5.75 Å². The van der Waals surface area contributed by atoms with E-state index in [9.17, 15) is 14.4 Å². The molecular weight excluding hydrogens is 418 g/mol. The van der Waals surface area contributed by atoms with Crippen LogP contribution >= 0.6 is 0 Å². The fourth-order valence-electron chi connectivity index (χ4n) is 4.66. The number of benzene rings is 2. The van der Waals surface area contributed by atoms with Crippen LogP contribution in [0.4, 0.5) is 0 Å². The van der Waals surface area contributed by atoms with Gasteiger partial charge in [0, 0.05) is 32.1 Å². The molecule has 2 fully saturated rings. The van der Waals surface area contributed by atoms with E-state index < -0.39 is 6.04 Å². The van der Waals surface area contributed by atoms with Crippen LogP contribution in [-0.4, -0.2) is 59.3 Å². The first-order valence-corrected chi connectivity index (χ1v) is 11.6. The number of amides is 3. The van der Waals surface area contributed by atoms with Gasteiger partial charge in [-0.3, -0.25) is 14.4 Å². The first-order valence-electron chi connectivity index (χ1n) is 11.6. The van der Waals surface area contributed by atoms with Crippen LogP contribution in [0.1, 0.15) is 36.8 Å². The van der Waals surface area contributed by atoms with Crippen molar-refractivity contribution in [1.82, 2.24) is 15.1 Å². The molecule has 0 spiro atoms. The smallest absolute Gasteiger partial charge is 0.260 e. The lowest BCUT2D eigenvalue weighted by Crippen LogP contribution is -2.53. The third kappa shape index (κ3) is 5.72. The van der Waals surface area contributed by atoms with Crippen molar-refractivity contribution in [1.29, 1.82) is 0 Å². The fraction of sp³-hybridized carbons (Fsp3) is 0.423. The Morgan fingerprint density at radius 2 is 1.79 bits per heavy atom. The van der Waals surface area contributed by atoms with Gasteiger partial charge in [-0.1, -0.05) is 42.5 Å². The van der Waals surface area contributed by atoms with Gasteiger partial charge >= 0.3 is 0 Å². The second-order valence-corrected chi connectivity index (χ2v) is 8.78. The van der Waals surface area contributed by atoms with Crippen LogP contribution in [0, 0.1) is 6.92 Å². The molecule has 1 atom stereocenters. The van der Waals surface area contributed by atoms with E-state index in [-0.39, 0.29) is 30.4 Å². The third-order valence-electron chi connectivity index (χ3n) is 6.43. The van der Waals surface area contributed by atoms with Gasteiger partial charge < -0.3 is 19.9 Å². The van der Waals surface area contributed by atoms with Gasteiger partial charge in [0.2, 0.25) is 11.8 Å². The lowest BCUT2D eigenvalue weighted by atomic mass is 10.0. The number of nitrogens with zero attached hydrogens (tertiary/aromatic N) is 2. The topological polar surface area (TPSA) is 79.0 Å². The van der Waals surface area contributed by atoms with Gasteiger partial charge in [-0.05, 0) is 49.4 Å². The summed E-state index contributed by atoms with van der Waals surface area (Å²) >= 11 is 0. The number of piperidine rings is 1. The molecule has 174 valence electrons. The molecule has 7 heteroatoms. The minimum Gasteiger partial charge on any atom is -0.484 e. The quantitative estimate of drug-likeness (QED) is 0.705. The summed E-state index contributed by atoms with van der Waals surface area (Å²) in [5.74, 6) is 0.558. The van der Waals surface area contributed by atoms with Crippen molar-refractivity contribution in [3.8, 4) is 5.75 Å². The van der Waals surface area contributed by atoms with Crippen molar-refractivity contribution in [2.24, 2.45) is 0 Å². The molecule has 2 saturated heterocycles. The Morgan fingerprint density at radius 1 is 1.03 bits per heavy atom. The van der Waals surface area contributed by atoms with E-state index in [4.69, 9.17) is 4.74 Å². The molecular formula is C26H31N3O4. The third-order valence-corrected chi connectivity index (χ3v) is 6.43. The van der Waals surface area contributed by atoms with Gasteiger partial charge in [0.15, 0.2) is 6.61 Å². The molecule has 4 rings (SSSR count). The molecule has 0 bridgehead atoms. The molecule has 0 aliphatic carbocycles. The number of likely N-dealkylation sites (tertiary alicyclic amines) is 2. The fourth-order valence-corrected chi connectivity index (χ4v) is 4.66. The number of hydrogen-bond donors (Lipinski definition) is 1. The summed E-state index contributed by atoms with van der Waals surface area (Å²) in [6.45, 7) is 3.55. The van der Waals surface area contributed by atoms with Crippen LogP contribution in [0.2, 0.25) is 0 Å². The van der Waals surface area contributed by atoms with Crippen LogP contribution in [0.3, 0.4) is 0 Å². The molecule has 2 aromatic carbocycles. The summed E-state index contributed by atoms with van der Waals surface area (Å²) in [5.41, 5.74) is 2.11. The molecule has 1 unspecified atom stereocenters. The van der Waals surface area contributed by atoms with E-state index in [0.29, 0.717) is 51.1 Å². The van der Waals surface area contributed by atoms with Crippen molar-refractivity contribution in [3.63, 3.8) is 0 Å². The molecule has 0 saturated carbocycles. The maximum Gasteiger partial charge on any atom is 0.260 e. The van der Waals surface area contributed by atoms with Crippen molar-refractivity contribution in [2.75, 3.05) is 19.7 Å². The number of nitrogens with one attached hydrogen (secondary N) is 1. The summed E-state index contributed by atoms with van der Waals surface area (Å²) < 4.78 is 5.65. The zero-order chi connectivity index (χ0) is 23.2. The maximum atomic E-state index is 12.8. The summed E-state index contributed by atoms with van der Waals surface area (Å²) in [6.07, 6.45) is 2.28. The number of carbonyl (C=O) groups is 3. The molecule has 2 aliphatic heterocycles. The highest BCUT2D eigenvalue weighted by Gasteiger charge is 2.41. The number of aryl methyl sites for hydroxylation is 1. The van der Waals surface area contributed by atoms with E-state index in [1.807, 2.05) is 61.5 Å². The van der Waals surface area contributed by atoms with Gasteiger partial charge in [-0.2, -0.15) is 0 Å². The highest BCUT2D eigenvalue weighted by Crippen LogP contribution is 2.27. The van der Waals surface area contributed by atoms with Crippen LogP contribution in [0.25, 0.3) is 0 Å². The molecule has 0 radical (unpaired) electrons.